The number of nitrogens with zero attached hydrogens (tertiary/aromatic N) is 2. The molecule has 0 bridgehead atoms. The van der Waals surface area contributed by atoms with E-state index in [-0.39, 0.29) is 17.6 Å². The average Bonchev–Trinajstić information content (AvgIpc) is 2.73. The summed E-state index contributed by atoms with van der Waals surface area (Å²) in [4.78, 5) is 40.3. The first-order valence-electron chi connectivity index (χ1n) is 9.88. The largest absolute Gasteiger partial charge is 0.450 e. The number of amides is 2. The molecule has 29 heavy (non-hydrogen) atoms. The molecule has 1 aliphatic rings. The molecule has 3 rings (SSSR count). The van der Waals surface area contributed by atoms with Gasteiger partial charge in [0.05, 0.1) is 6.61 Å². The molecule has 2 amide bonds. The second-order valence-electron chi connectivity index (χ2n) is 7.02. The van der Waals surface area contributed by atoms with Crippen LogP contribution < -0.4 is 5.63 Å². The van der Waals surface area contributed by atoms with Crippen molar-refractivity contribution in [3.8, 4) is 0 Å². The highest BCUT2D eigenvalue weighted by Crippen LogP contribution is 2.14. The summed E-state index contributed by atoms with van der Waals surface area (Å²) in [6.45, 7) is 5.29. The van der Waals surface area contributed by atoms with Gasteiger partial charge in [0, 0.05) is 32.6 Å². The molecule has 2 heterocycles. The van der Waals surface area contributed by atoms with Crippen LogP contribution in [0, 0.1) is 6.92 Å². The van der Waals surface area contributed by atoms with E-state index in [0.717, 1.165) is 12.0 Å². The Hall–Kier alpha value is -3.09. The normalized spacial score (nSPS) is 14.0. The smallest absolute Gasteiger partial charge is 0.409 e. The molecule has 7 heteroatoms. The minimum absolute atomic E-state index is 0.0676. The van der Waals surface area contributed by atoms with E-state index >= 15 is 0 Å². The predicted octanol–water partition coefficient (Wildman–Crippen LogP) is 2.65. The summed E-state index contributed by atoms with van der Waals surface area (Å²) < 4.78 is 10.4. The molecule has 1 aromatic carbocycles. The maximum absolute atomic E-state index is 12.9. The summed E-state index contributed by atoms with van der Waals surface area (Å²) in [5.41, 5.74) is 1.23. The molecule has 0 saturated carbocycles. The number of rotatable bonds is 5. The highest BCUT2D eigenvalue weighted by atomic mass is 16.6. The summed E-state index contributed by atoms with van der Waals surface area (Å²) in [6, 6.07) is 11.7. The standard InChI is InChI=1S/C22H26N2O5/c1-3-28-22(27)24-13-11-23(12-14-24)20(25)19-16(2)15-18(29-21(19)26)10-9-17-7-5-4-6-8-17/h4-8,15H,3,9-14H2,1-2H3. The van der Waals surface area contributed by atoms with Gasteiger partial charge in [-0.1, -0.05) is 30.3 Å². The van der Waals surface area contributed by atoms with Crippen molar-refractivity contribution in [3.05, 3.63) is 69.3 Å². The lowest BCUT2D eigenvalue weighted by molar-refractivity contribution is 0.0566. The van der Waals surface area contributed by atoms with Crippen LogP contribution in [0.2, 0.25) is 0 Å². The molecule has 1 aliphatic heterocycles. The van der Waals surface area contributed by atoms with Gasteiger partial charge in [0.25, 0.3) is 5.91 Å². The maximum Gasteiger partial charge on any atom is 0.409 e. The van der Waals surface area contributed by atoms with E-state index in [1.54, 1.807) is 29.7 Å². The van der Waals surface area contributed by atoms with Gasteiger partial charge < -0.3 is 19.0 Å². The number of benzene rings is 1. The van der Waals surface area contributed by atoms with Crippen molar-refractivity contribution < 1.29 is 18.7 Å². The van der Waals surface area contributed by atoms with Gasteiger partial charge in [0.2, 0.25) is 0 Å². The number of carbonyl (C=O) groups is 2. The number of piperazine rings is 1. The van der Waals surface area contributed by atoms with E-state index in [1.165, 1.54) is 0 Å². The number of aryl methyl sites for hydroxylation is 3. The van der Waals surface area contributed by atoms with Crippen LogP contribution in [0.1, 0.15) is 34.2 Å². The maximum atomic E-state index is 12.9. The predicted molar refractivity (Wildman–Crippen MR) is 108 cm³/mol. The molecular formula is C22H26N2O5. The van der Waals surface area contributed by atoms with E-state index in [1.807, 2.05) is 30.3 Å². The van der Waals surface area contributed by atoms with E-state index in [9.17, 15) is 14.4 Å². The monoisotopic (exact) mass is 398 g/mol. The van der Waals surface area contributed by atoms with Gasteiger partial charge in [-0.2, -0.15) is 0 Å². The van der Waals surface area contributed by atoms with Crippen molar-refractivity contribution >= 4 is 12.0 Å². The van der Waals surface area contributed by atoms with Crippen molar-refractivity contribution in [2.75, 3.05) is 32.8 Å². The molecule has 0 radical (unpaired) electrons. The van der Waals surface area contributed by atoms with Crippen molar-refractivity contribution in [3.63, 3.8) is 0 Å². The van der Waals surface area contributed by atoms with Crippen LogP contribution in [0.15, 0.2) is 45.6 Å². The molecule has 154 valence electrons. The Kier molecular flexibility index (Phi) is 6.69. The van der Waals surface area contributed by atoms with Crippen LogP contribution >= 0.6 is 0 Å². The van der Waals surface area contributed by atoms with E-state index in [2.05, 4.69) is 0 Å². The highest BCUT2D eigenvalue weighted by Gasteiger charge is 2.28. The molecule has 0 spiro atoms. The zero-order chi connectivity index (χ0) is 20.8. The zero-order valence-corrected chi connectivity index (χ0v) is 16.8. The molecule has 0 N–H and O–H groups in total. The van der Waals surface area contributed by atoms with Crippen molar-refractivity contribution in [2.45, 2.75) is 26.7 Å². The first-order valence-corrected chi connectivity index (χ1v) is 9.88. The number of hydrogen-bond acceptors (Lipinski definition) is 5. The van der Waals surface area contributed by atoms with E-state index < -0.39 is 5.63 Å². The van der Waals surface area contributed by atoms with Gasteiger partial charge in [0.15, 0.2) is 0 Å². The van der Waals surface area contributed by atoms with Gasteiger partial charge >= 0.3 is 11.7 Å². The zero-order valence-electron chi connectivity index (χ0n) is 16.8. The van der Waals surface area contributed by atoms with E-state index in [4.69, 9.17) is 9.15 Å². The Bertz CT molecular complexity index is 915. The molecule has 0 aliphatic carbocycles. The van der Waals surface area contributed by atoms with Crippen LogP contribution in [0.25, 0.3) is 0 Å². The summed E-state index contributed by atoms with van der Waals surface area (Å²) in [5, 5.41) is 0. The van der Waals surface area contributed by atoms with Crippen molar-refractivity contribution in [1.82, 2.24) is 9.80 Å². The van der Waals surface area contributed by atoms with Crippen LogP contribution in [-0.4, -0.2) is 54.6 Å². The molecule has 0 unspecified atom stereocenters. The van der Waals surface area contributed by atoms with Gasteiger partial charge in [-0.25, -0.2) is 9.59 Å². The van der Waals surface area contributed by atoms with Crippen molar-refractivity contribution in [2.24, 2.45) is 0 Å². The first kappa shape index (κ1) is 20.6. The Morgan fingerprint density at radius 2 is 1.69 bits per heavy atom. The third-order valence-electron chi connectivity index (χ3n) is 5.01. The number of ether oxygens (including phenoxy) is 1. The fourth-order valence-electron chi connectivity index (χ4n) is 3.43. The molecule has 1 aromatic heterocycles. The molecule has 2 aromatic rings. The fraction of sp³-hybridized carbons (Fsp3) is 0.409. The Morgan fingerprint density at radius 3 is 2.31 bits per heavy atom. The van der Waals surface area contributed by atoms with E-state index in [0.29, 0.717) is 50.5 Å². The number of carbonyl (C=O) groups excluding carboxylic acids is 2. The van der Waals surface area contributed by atoms with Gasteiger partial charge in [0.1, 0.15) is 11.3 Å². The third-order valence-corrected chi connectivity index (χ3v) is 5.01. The molecular weight excluding hydrogens is 372 g/mol. The SMILES string of the molecule is CCOC(=O)N1CCN(C(=O)c2c(C)cc(CCc3ccccc3)oc2=O)CC1. The van der Waals surface area contributed by atoms with Crippen LogP contribution in [-0.2, 0) is 17.6 Å². The lowest BCUT2D eigenvalue weighted by Gasteiger charge is -2.34. The lowest BCUT2D eigenvalue weighted by Crippen LogP contribution is -2.51. The Morgan fingerprint density at radius 1 is 1.03 bits per heavy atom. The molecule has 1 fully saturated rings. The van der Waals surface area contributed by atoms with Gasteiger partial charge in [-0.05, 0) is 37.5 Å². The van der Waals surface area contributed by atoms with Crippen molar-refractivity contribution in [1.29, 1.82) is 0 Å². The second-order valence-corrected chi connectivity index (χ2v) is 7.02. The highest BCUT2D eigenvalue weighted by molar-refractivity contribution is 5.95. The average molecular weight is 398 g/mol. The molecule has 7 nitrogen and oxygen atoms in total. The van der Waals surface area contributed by atoms with Crippen LogP contribution in [0.4, 0.5) is 4.79 Å². The minimum atomic E-state index is -0.606. The molecule has 0 atom stereocenters. The van der Waals surface area contributed by atoms with Gasteiger partial charge in [-0.3, -0.25) is 4.79 Å². The topological polar surface area (TPSA) is 80.1 Å². The van der Waals surface area contributed by atoms with Crippen LogP contribution in [0.3, 0.4) is 0 Å². The Labute approximate surface area is 169 Å². The molecule has 1 saturated heterocycles. The summed E-state index contributed by atoms with van der Waals surface area (Å²) in [6.07, 6.45) is 0.970. The summed E-state index contributed by atoms with van der Waals surface area (Å²) in [5.74, 6) is 0.217. The summed E-state index contributed by atoms with van der Waals surface area (Å²) in [7, 11) is 0. The lowest BCUT2D eigenvalue weighted by atomic mass is 10.1. The minimum Gasteiger partial charge on any atom is -0.450 e. The van der Waals surface area contributed by atoms with Gasteiger partial charge in [-0.15, -0.1) is 0 Å². The summed E-state index contributed by atoms with van der Waals surface area (Å²) >= 11 is 0. The van der Waals surface area contributed by atoms with Crippen LogP contribution in [0.5, 0.6) is 0 Å². The Balaban J connectivity index is 1.65. The fourth-order valence-corrected chi connectivity index (χ4v) is 3.43. The second kappa shape index (κ2) is 9.41. The number of hydrogen-bond donors (Lipinski definition) is 0. The third kappa shape index (κ3) is 5.04. The first-order chi connectivity index (χ1) is 14.0. The quantitative estimate of drug-likeness (QED) is 0.774.